The molecular weight excluding hydrogens is 479 g/mol. The summed E-state index contributed by atoms with van der Waals surface area (Å²) in [5, 5.41) is 1.03. The molecule has 0 bridgehead atoms. The highest BCUT2D eigenvalue weighted by atomic mass is 79.9. The summed E-state index contributed by atoms with van der Waals surface area (Å²) in [6.45, 7) is 0.740. The number of aromatic nitrogens is 2. The van der Waals surface area contributed by atoms with Crippen LogP contribution in [0.2, 0.25) is 10.0 Å². The number of hydrogen-bond donors (Lipinski definition) is 0. The van der Waals surface area contributed by atoms with E-state index in [0.29, 0.717) is 28.8 Å². The minimum absolute atomic E-state index is 0.293. The molecule has 29 heavy (non-hydrogen) atoms. The van der Waals surface area contributed by atoms with Crippen LogP contribution in [0.15, 0.2) is 65.7 Å². The van der Waals surface area contributed by atoms with Gasteiger partial charge in [0.15, 0.2) is 0 Å². The van der Waals surface area contributed by atoms with E-state index in [4.69, 9.17) is 37.4 Å². The molecule has 3 aromatic rings. The van der Waals surface area contributed by atoms with Crippen LogP contribution < -0.4 is 0 Å². The first-order chi connectivity index (χ1) is 14.0. The summed E-state index contributed by atoms with van der Waals surface area (Å²) in [5.41, 5.74) is 1.72. The Labute approximate surface area is 187 Å². The maximum atomic E-state index is 6.53. The SMILES string of the molecule is COC(c1ccc(Br)cc1)C1COC(Cn2ccnc2)(c2ccc(Cl)cc2Cl)O1. The first kappa shape index (κ1) is 20.8. The number of rotatable bonds is 6. The minimum atomic E-state index is -1.08. The summed E-state index contributed by atoms with van der Waals surface area (Å²) in [5.74, 6) is -1.08. The zero-order valence-corrected chi connectivity index (χ0v) is 18.7. The number of methoxy groups -OCH3 is 1. The van der Waals surface area contributed by atoms with Crippen molar-refractivity contribution in [2.75, 3.05) is 13.7 Å². The fraction of sp³-hybridized carbons (Fsp3) is 0.286. The molecule has 0 aliphatic carbocycles. The molecule has 3 unspecified atom stereocenters. The lowest BCUT2D eigenvalue weighted by Crippen LogP contribution is -2.34. The van der Waals surface area contributed by atoms with E-state index in [2.05, 4.69) is 20.9 Å². The standard InChI is InChI=1S/C21H19BrCl2N2O3/c1-27-20(14-2-4-15(22)5-3-14)19-11-28-21(29-19,12-26-9-8-25-13-26)17-7-6-16(23)10-18(17)24/h2-10,13,19-20H,11-12H2,1H3. The van der Waals surface area contributed by atoms with Gasteiger partial charge in [0.25, 0.3) is 0 Å². The first-order valence-corrected chi connectivity index (χ1v) is 10.6. The second-order valence-corrected chi connectivity index (χ2v) is 8.55. The zero-order valence-electron chi connectivity index (χ0n) is 15.6. The van der Waals surface area contributed by atoms with Gasteiger partial charge in [0.2, 0.25) is 5.79 Å². The summed E-state index contributed by atoms with van der Waals surface area (Å²) in [6, 6.07) is 13.3. The van der Waals surface area contributed by atoms with Gasteiger partial charge in [-0.05, 0) is 29.8 Å². The molecular formula is C21H19BrCl2N2O3. The molecule has 2 heterocycles. The molecule has 4 rings (SSSR count). The molecule has 0 saturated carbocycles. The van der Waals surface area contributed by atoms with E-state index >= 15 is 0 Å². The molecule has 0 N–H and O–H groups in total. The summed E-state index contributed by atoms with van der Waals surface area (Å²) in [4.78, 5) is 4.12. The van der Waals surface area contributed by atoms with E-state index in [1.54, 1.807) is 31.8 Å². The second-order valence-electron chi connectivity index (χ2n) is 6.79. The zero-order chi connectivity index (χ0) is 20.4. The Morgan fingerprint density at radius 3 is 2.72 bits per heavy atom. The number of hydrogen-bond acceptors (Lipinski definition) is 4. The van der Waals surface area contributed by atoms with Crippen LogP contribution in [-0.2, 0) is 26.5 Å². The Morgan fingerprint density at radius 2 is 2.07 bits per heavy atom. The number of ether oxygens (including phenoxy) is 3. The normalized spacial score (nSPS) is 22.7. The Kier molecular flexibility index (Phi) is 6.30. The van der Waals surface area contributed by atoms with Crippen LogP contribution in [0, 0.1) is 0 Å². The monoisotopic (exact) mass is 496 g/mol. The van der Waals surface area contributed by atoms with Crippen LogP contribution in [0.3, 0.4) is 0 Å². The van der Waals surface area contributed by atoms with E-state index in [1.807, 2.05) is 41.1 Å². The highest BCUT2D eigenvalue weighted by Crippen LogP contribution is 2.43. The van der Waals surface area contributed by atoms with Crippen LogP contribution in [0.4, 0.5) is 0 Å². The van der Waals surface area contributed by atoms with Crippen molar-refractivity contribution in [2.24, 2.45) is 0 Å². The summed E-state index contributed by atoms with van der Waals surface area (Å²) >= 11 is 16.1. The van der Waals surface area contributed by atoms with Gasteiger partial charge < -0.3 is 18.8 Å². The Bertz CT molecular complexity index is 969. The Hall–Kier alpha value is -1.41. The van der Waals surface area contributed by atoms with Crippen LogP contribution in [0.1, 0.15) is 17.2 Å². The molecule has 3 atom stereocenters. The van der Waals surface area contributed by atoms with Crippen molar-refractivity contribution in [2.45, 2.75) is 24.5 Å². The average Bonchev–Trinajstić information content (AvgIpc) is 3.35. The van der Waals surface area contributed by atoms with Crippen LogP contribution in [-0.4, -0.2) is 29.4 Å². The maximum absolute atomic E-state index is 6.53. The maximum Gasteiger partial charge on any atom is 0.215 e. The van der Waals surface area contributed by atoms with Gasteiger partial charge in [-0.15, -0.1) is 0 Å². The van der Waals surface area contributed by atoms with Crippen LogP contribution in [0.25, 0.3) is 0 Å². The highest BCUT2D eigenvalue weighted by Gasteiger charge is 2.47. The van der Waals surface area contributed by atoms with Crippen molar-refractivity contribution in [3.8, 4) is 0 Å². The van der Waals surface area contributed by atoms with Crippen molar-refractivity contribution < 1.29 is 14.2 Å². The molecule has 5 nitrogen and oxygen atoms in total. The van der Waals surface area contributed by atoms with Crippen molar-refractivity contribution >= 4 is 39.1 Å². The Balaban J connectivity index is 1.68. The van der Waals surface area contributed by atoms with Gasteiger partial charge in [-0.1, -0.05) is 57.3 Å². The van der Waals surface area contributed by atoms with E-state index in [9.17, 15) is 0 Å². The largest absolute Gasteiger partial charge is 0.374 e. The number of nitrogens with zero attached hydrogens (tertiary/aromatic N) is 2. The molecule has 2 aromatic carbocycles. The van der Waals surface area contributed by atoms with Gasteiger partial charge in [-0.2, -0.15) is 0 Å². The first-order valence-electron chi connectivity index (χ1n) is 9.02. The molecule has 1 aromatic heterocycles. The lowest BCUT2D eigenvalue weighted by Gasteiger charge is -2.31. The molecule has 0 radical (unpaired) electrons. The lowest BCUT2D eigenvalue weighted by molar-refractivity contribution is -0.198. The van der Waals surface area contributed by atoms with Gasteiger partial charge in [-0.25, -0.2) is 4.98 Å². The highest BCUT2D eigenvalue weighted by molar-refractivity contribution is 9.10. The Morgan fingerprint density at radius 1 is 1.28 bits per heavy atom. The molecule has 0 amide bonds. The minimum Gasteiger partial charge on any atom is -0.374 e. The van der Waals surface area contributed by atoms with Crippen LogP contribution >= 0.6 is 39.1 Å². The lowest BCUT2D eigenvalue weighted by atomic mass is 10.0. The quantitative estimate of drug-likeness (QED) is 0.444. The van der Waals surface area contributed by atoms with Gasteiger partial charge in [0.1, 0.15) is 12.2 Å². The second kappa shape index (κ2) is 8.76. The van der Waals surface area contributed by atoms with Crippen molar-refractivity contribution in [3.63, 3.8) is 0 Å². The van der Waals surface area contributed by atoms with E-state index in [-0.39, 0.29) is 12.2 Å². The average molecular weight is 498 g/mol. The van der Waals surface area contributed by atoms with Gasteiger partial charge in [0, 0.05) is 34.6 Å². The fourth-order valence-electron chi connectivity index (χ4n) is 3.56. The third kappa shape index (κ3) is 4.38. The molecule has 1 aliphatic heterocycles. The summed E-state index contributed by atoms with van der Waals surface area (Å²) in [7, 11) is 1.67. The van der Waals surface area contributed by atoms with Gasteiger partial charge >= 0.3 is 0 Å². The predicted molar refractivity (Wildman–Crippen MR) is 115 cm³/mol. The van der Waals surface area contributed by atoms with Gasteiger partial charge in [0.05, 0.1) is 24.5 Å². The number of benzene rings is 2. The topological polar surface area (TPSA) is 45.5 Å². The summed E-state index contributed by atoms with van der Waals surface area (Å²) < 4.78 is 21.5. The van der Waals surface area contributed by atoms with E-state index < -0.39 is 5.79 Å². The van der Waals surface area contributed by atoms with Crippen molar-refractivity contribution in [1.29, 1.82) is 0 Å². The van der Waals surface area contributed by atoms with E-state index in [1.165, 1.54) is 0 Å². The van der Waals surface area contributed by atoms with Gasteiger partial charge in [-0.3, -0.25) is 0 Å². The molecule has 1 aliphatic rings. The van der Waals surface area contributed by atoms with Crippen LogP contribution in [0.5, 0.6) is 0 Å². The molecule has 1 saturated heterocycles. The third-order valence-corrected chi connectivity index (χ3v) is 5.98. The molecule has 0 spiro atoms. The smallest absolute Gasteiger partial charge is 0.215 e. The molecule has 1 fully saturated rings. The third-order valence-electron chi connectivity index (χ3n) is 4.90. The van der Waals surface area contributed by atoms with E-state index in [0.717, 1.165) is 10.0 Å². The number of halogens is 3. The van der Waals surface area contributed by atoms with Crippen molar-refractivity contribution in [1.82, 2.24) is 9.55 Å². The molecule has 152 valence electrons. The number of imidazole rings is 1. The van der Waals surface area contributed by atoms with Crippen molar-refractivity contribution in [3.05, 3.63) is 86.8 Å². The fourth-order valence-corrected chi connectivity index (χ4v) is 4.38. The molecule has 8 heteroatoms. The predicted octanol–water partition coefficient (Wildman–Crippen LogP) is 5.61. The summed E-state index contributed by atoms with van der Waals surface area (Å²) in [6.07, 6.45) is 4.67.